The molecular formula is C17H23N3OS. The Morgan fingerprint density at radius 2 is 2.14 bits per heavy atom. The van der Waals surface area contributed by atoms with E-state index in [1.165, 1.54) is 4.70 Å². The van der Waals surface area contributed by atoms with Crippen molar-refractivity contribution in [2.45, 2.75) is 20.3 Å². The molecule has 0 saturated carbocycles. The molecular weight excluding hydrogens is 294 g/mol. The van der Waals surface area contributed by atoms with E-state index < -0.39 is 0 Å². The molecule has 1 aromatic heterocycles. The third-order valence-corrected chi connectivity index (χ3v) is 4.40. The predicted octanol–water partition coefficient (Wildman–Crippen LogP) is 2.85. The van der Waals surface area contributed by atoms with Gasteiger partial charge in [-0.2, -0.15) is 0 Å². The number of amides is 1. The Morgan fingerprint density at radius 1 is 1.36 bits per heavy atom. The third-order valence-electron chi connectivity index (χ3n) is 3.31. The third kappa shape index (κ3) is 4.93. The van der Waals surface area contributed by atoms with Crippen LogP contribution in [0, 0.1) is 0 Å². The molecule has 0 fully saturated rings. The molecule has 0 unspecified atom stereocenters. The zero-order valence-electron chi connectivity index (χ0n) is 13.3. The minimum Gasteiger partial charge on any atom is -0.355 e. The zero-order valence-corrected chi connectivity index (χ0v) is 14.1. The number of hydrogen-bond donors (Lipinski definition) is 1. The summed E-state index contributed by atoms with van der Waals surface area (Å²) in [6.07, 6.45) is 0.775. The minimum absolute atomic E-state index is 0.0595. The Morgan fingerprint density at radius 3 is 2.82 bits per heavy atom. The molecule has 0 bridgehead atoms. The lowest BCUT2D eigenvalue weighted by atomic mass is 10.3. The van der Waals surface area contributed by atoms with Gasteiger partial charge in [0.05, 0.1) is 21.8 Å². The molecule has 5 heteroatoms. The highest BCUT2D eigenvalue weighted by atomic mass is 32.1. The van der Waals surface area contributed by atoms with E-state index in [4.69, 9.17) is 0 Å². The van der Waals surface area contributed by atoms with Gasteiger partial charge in [-0.05, 0) is 25.6 Å². The molecule has 2 rings (SSSR count). The molecule has 1 aromatic carbocycles. The number of hydrogen-bond acceptors (Lipinski definition) is 4. The molecule has 0 aliphatic carbocycles. The van der Waals surface area contributed by atoms with Crippen LogP contribution in [0.5, 0.6) is 0 Å². The molecule has 2 aromatic rings. The Balaban J connectivity index is 1.77. The van der Waals surface area contributed by atoms with Gasteiger partial charge in [0.2, 0.25) is 5.91 Å². The average molecular weight is 317 g/mol. The fourth-order valence-corrected chi connectivity index (χ4v) is 3.22. The summed E-state index contributed by atoms with van der Waals surface area (Å²) in [4.78, 5) is 18.6. The molecule has 4 nitrogen and oxygen atoms in total. The summed E-state index contributed by atoms with van der Waals surface area (Å²) in [5.74, 6) is 0.0595. The van der Waals surface area contributed by atoms with Crippen molar-refractivity contribution in [2.75, 3.05) is 26.2 Å². The van der Waals surface area contributed by atoms with E-state index in [0.29, 0.717) is 13.1 Å². The Bertz CT molecular complexity index is 617. The van der Waals surface area contributed by atoms with Crippen molar-refractivity contribution in [1.29, 1.82) is 0 Å². The molecule has 22 heavy (non-hydrogen) atoms. The smallest absolute Gasteiger partial charge is 0.234 e. The highest BCUT2D eigenvalue weighted by molar-refractivity contribution is 7.18. The van der Waals surface area contributed by atoms with Gasteiger partial charge in [0.15, 0.2) is 0 Å². The monoisotopic (exact) mass is 317 g/mol. The van der Waals surface area contributed by atoms with E-state index in [0.717, 1.165) is 35.6 Å². The predicted molar refractivity (Wildman–Crippen MR) is 93.3 cm³/mol. The molecule has 0 saturated heterocycles. The number of nitrogens with zero attached hydrogens (tertiary/aromatic N) is 2. The largest absolute Gasteiger partial charge is 0.355 e. The van der Waals surface area contributed by atoms with Crippen molar-refractivity contribution in [3.05, 3.63) is 41.4 Å². The molecule has 1 heterocycles. The van der Waals surface area contributed by atoms with Gasteiger partial charge in [0, 0.05) is 19.5 Å². The molecule has 0 aliphatic rings. The molecule has 1 N–H and O–H groups in total. The van der Waals surface area contributed by atoms with Crippen LogP contribution >= 0.6 is 11.3 Å². The van der Waals surface area contributed by atoms with Gasteiger partial charge >= 0.3 is 0 Å². The van der Waals surface area contributed by atoms with Gasteiger partial charge < -0.3 is 5.32 Å². The molecule has 118 valence electrons. The maximum atomic E-state index is 12.0. The van der Waals surface area contributed by atoms with Crippen LogP contribution in [-0.2, 0) is 11.2 Å². The molecule has 0 atom stereocenters. The number of fused-ring (bicyclic) bond motifs is 1. The van der Waals surface area contributed by atoms with Gasteiger partial charge in [0.1, 0.15) is 0 Å². The summed E-state index contributed by atoms with van der Waals surface area (Å²) in [6.45, 7) is 10.6. The Hall–Kier alpha value is -1.72. The van der Waals surface area contributed by atoms with Gasteiger partial charge in [0.25, 0.3) is 0 Å². The topological polar surface area (TPSA) is 45.2 Å². The summed E-state index contributed by atoms with van der Waals surface area (Å²) in [5.41, 5.74) is 2.11. The Kier molecular flexibility index (Phi) is 6.10. The number of rotatable bonds is 8. The van der Waals surface area contributed by atoms with Crippen molar-refractivity contribution in [2.24, 2.45) is 0 Å². The maximum absolute atomic E-state index is 12.0. The van der Waals surface area contributed by atoms with E-state index in [1.54, 1.807) is 11.3 Å². The SMILES string of the molecule is C=C(C)CN(CC)CC(=O)NCCc1nc2ccccc2s1. The van der Waals surface area contributed by atoms with E-state index in [9.17, 15) is 4.79 Å². The number of benzene rings is 1. The quantitative estimate of drug-likeness (QED) is 0.762. The standard InChI is InChI=1S/C17H23N3OS/c1-4-20(11-13(2)3)12-16(21)18-10-9-17-19-14-7-5-6-8-15(14)22-17/h5-8H,2,4,9-12H2,1,3H3,(H,18,21). The molecule has 0 radical (unpaired) electrons. The fourth-order valence-electron chi connectivity index (χ4n) is 2.26. The number of thiazole rings is 1. The van der Waals surface area contributed by atoms with Crippen LogP contribution in [0.1, 0.15) is 18.9 Å². The lowest BCUT2D eigenvalue weighted by Gasteiger charge is -2.19. The number of likely N-dealkylation sites (N-methyl/N-ethyl adjacent to an activating group) is 1. The van der Waals surface area contributed by atoms with Crippen LogP contribution in [-0.4, -0.2) is 42.0 Å². The van der Waals surface area contributed by atoms with E-state index in [2.05, 4.69) is 34.8 Å². The van der Waals surface area contributed by atoms with Gasteiger partial charge in [-0.15, -0.1) is 11.3 Å². The minimum atomic E-state index is 0.0595. The van der Waals surface area contributed by atoms with Crippen molar-refractivity contribution in [3.8, 4) is 0 Å². The highest BCUT2D eigenvalue weighted by Crippen LogP contribution is 2.21. The normalized spacial score (nSPS) is 11.0. The first-order valence-corrected chi connectivity index (χ1v) is 8.38. The highest BCUT2D eigenvalue weighted by Gasteiger charge is 2.09. The summed E-state index contributed by atoms with van der Waals surface area (Å²) < 4.78 is 1.20. The lowest BCUT2D eigenvalue weighted by molar-refractivity contribution is -0.122. The van der Waals surface area contributed by atoms with Crippen LogP contribution in [0.15, 0.2) is 36.4 Å². The van der Waals surface area contributed by atoms with Crippen molar-refractivity contribution >= 4 is 27.5 Å². The molecule has 0 aliphatic heterocycles. The number of aromatic nitrogens is 1. The number of carbonyl (C=O) groups excluding carboxylic acids is 1. The molecule has 0 spiro atoms. The second-order valence-corrected chi connectivity index (χ2v) is 6.55. The average Bonchev–Trinajstić information content (AvgIpc) is 2.88. The summed E-state index contributed by atoms with van der Waals surface area (Å²) in [5, 5.41) is 4.04. The van der Waals surface area contributed by atoms with Crippen LogP contribution in [0.2, 0.25) is 0 Å². The van der Waals surface area contributed by atoms with Crippen molar-refractivity contribution < 1.29 is 4.79 Å². The van der Waals surface area contributed by atoms with Crippen LogP contribution in [0.4, 0.5) is 0 Å². The van der Waals surface area contributed by atoms with Gasteiger partial charge in [-0.25, -0.2) is 4.98 Å². The van der Waals surface area contributed by atoms with Crippen molar-refractivity contribution in [3.63, 3.8) is 0 Å². The first-order valence-electron chi connectivity index (χ1n) is 7.56. The first-order chi connectivity index (χ1) is 10.6. The van der Waals surface area contributed by atoms with Crippen LogP contribution in [0.25, 0.3) is 10.2 Å². The van der Waals surface area contributed by atoms with Gasteiger partial charge in [-0.1, -0.05) is 31.2 Å². The molecule has 1 amide bonds. The van der Waals surface area contributed by atoms with Gasteiger partial charge in [-0.3, -0.25) is 9.69 Å². The number of nitrogens with one attached hydrogen (secondary N) is 1. The Labute approximate surface area is 135 Å². The number of carbonyl (C=O) groups is 1. The fraction of sp³-hybridized carbons (Fsp3) is 0.412. The number of para-hydroxylation sites is 1. The van der Waals surface area contributed by atoms with E-state index in [1.807, 2.05) is 25.1 Å². The van der Waals surface area contributed by atoms with Crippen molar-refractivity contribution in [1.82, 2.24) is 15.2 Å². The summed E-state index contributed by atoms with van der Waals surface area (Å²) in [6, 6.07) is 8.11. The van der Waals surface area contributed by atoms with Crippen LogP contribution < -0.4 is 5.32 Å². The van der Waals surface area contributed by atoms with E-state index >= 15 is 0 Å². The summed E-state index contributed by atoms with van der Waals surface area (Å²) in [7, 11) is 0. The summed E-state index contributed by atoms with van der Waals surface area (Å²) >= 11 is 1.69. The second-order valence-electron chi connectivity index (χ2n) is 5.44. The second kappa shape index (κ2) is 8.06. The first kappa shape index (κ1) is 16.6. The van der Waals surface area contributed by atoms with E-state index in [-0.39, 0.29) is 5.91 Å². The van der Waals surface area contributed by atoms with Crippen LogP contribution in [0.3, 0.4) is 0 Å². The lowest BCUT2D eigenvalue weighted by Crippen LogP contribution is -2.38. The maximum Gasteiger partial charge on any atom is 0.234 e. The zero-order chi connectivity index (χ0) is 15.9.